The molecule has 0 aliphatic rings. The number of hydrogen-bond donors (Lipinski definition) is 1. The topological polar surface area (TPSA) is 67.8 Å². The molecule has 3 aromatic carbocycles. The Morgan fingerprint density at radius 1 is 0.718 bits per heavy atom. The van der Waals surface area contributed by atoms with Gasteiger partial charge in [0.2, 0.25) is 5.91 Å². The minimum atomic E-state index is -0.395. The highest BCUT2D eigenvalue weighted by molar-refractivity contribution is 6.05. The molecular formula is C34H44N2O3. The summed E-state index contributed by atoms with van der Waals surface area (Å²) in [5.41, 5.74) is 3.94. The summed E-state index contributed by atoms with van der Waals surface area (Å²) in [6.07, 6.45) is 18.8. The van der Waals surface area contributed by atoms with Crippen molar-refractivity contribution < 1.29 is 14.3 Å². The fourth-order valence-electron chi connectivity index (χ4n) is 4.73. The van der Waals surface area contributed by atoms with Gasteiger partial charge in [-0.1, -0.05) is 120 Å². The first-order valence-electron chi connectivity index (χ1n) is 14.8. The lowest BCUT2D eigenvalue weighted by atomic mass is 10.0. The van der Waals surface area contributed by atoms with E-state index in [0.29, 0.717) is 17.7 Å². The third kappa shape index (κ3) is 11.4. The number of nitrogens with one attached hydrogen (secondary N) is 1. The molecule has 0 bridgehead atoms. The molecule has 0 saturated carbocycles. The highest BCUT2D eigenvalue weighted by Gasteiger charge is 2.12. The van der Waals surface area contributed by atoms with Crippen LogP contribution in [-0.2, 0) is 4.79 Å². The number of hydrogen-bond acceptors (Lipinski definition) is 4. The second-order valence-corrected chi connectivity index (χ2v) is 10.3. The molecule has 0 saturated heterocycles. The van der Waals surface area contributed by atoms with Gasteiger partial charge in [0.05, 0.1) is 11.8 Å². The predicted octanol–water partition coefficient (Wildman–Crippen LogP) is 8.99. The monoisotopic (exact) mass is 528 g/mol. The second kappa shape index (κ2) is 17.9. The SMILES string of the molecule is CCCCCCCCCCCCCCCC(=O)N/N=C\c1ccc(OC(=O)c2cccc3ccccc23)cc1. The van der Waals surface area contributed by atoms with E-state index < -0.39 is 5.97 Å². The van der Waals surface area contributed by atoms with Gasteiger partial charge in [-0.3, -0.25) is 4.79 Å². The predicted molar refractivity (Wildman–Crippen MR) is 161 cm³/mol. The number of benzene rings is 3. The molecule has 5 heteroatoms. The molecule has 1 amide bonds. The maximum Gasteiger partial charge on any atom is 0.344 e. The Labute approximate surface area is 234 Å². The normalized spacial score (nSPS) is 11.2. The van der Waals surface area contributed by atoms with E-state index >= 15 is 0 Å². The van der Waals surface area contributed by atoms with Gasteiger partial charge in [0.15, 0.2) is 0 Å². The Hall–Kier alpha value is -3.47. The lowest BCUT2D eigenvalue weighted by Crippen LogP contribution is -2.16. The van der Waals surface area contributed by atoms with Crippen LogP contribution in [0.25, 0.3) is 10.8 Å². The van der Waals surface area contributed by atoms with E-state index in [1.165, 1.54) is 70.6 Å². The molecule has 208 valence electrons. The van der Waals surface area contributed by atoms with Gasteiger partial charge >= 0.3 is 5.97 Å². The zero-order chi connectivity index (χ0) is 27.5. The van der Waals surface area contributed by atoms with Crippen LogP contribution in [0.4, 0.5) is 0 Å². The summed E-state index contributed by atoms with van der Waals surface area (Å²) in [4.78, 5) is 24.8. The smallest absolute Gasteiger partial charge is 0.344 e. The van der Waals surface area contributed by atoms with Crippen molar-refractivity contribution in [3.8, 4) is 5.75 Å². The zero-order valence-electron chi connectivity index (χ0n) is 23.5. The summed E-state index contributed by atoms with van der Waals surface area (Å²) >= 11 is 0. The first-order valence-corrected chi connectivity index (χ1v) is 14.8. The Morgan fingerprint density at radius 2 is 1.31 bits per heavy atom. The van der Waals surface area contributed by atoms with Gasteiger partial charge in [0.25, 0.3) is 0 Å². The summed E-state index contributed by atoms with van der Waals surface area (Å²) < 4.78 is 5.57. The number of esters is 1. The third-order valence-corrected chi connectivity index (χ3v) is 7.01. The molecule has 0 aromatic heterocycles. The number of carbonyl (C=O) groups excluding carboxylic acids is 2. The quantitative estimate of drug-likeness (QED) is 0.0589. The second-order valence-electron chi connectivity index (χ2n) is 10.3. The van der Waals surface area contributed by atoms with Crippen molar-refractivity contribution in [1.82, 2.24) is 5.43 Å². The fourth-order valence-corrected chi connectivity index (χ4v) is 4.73. The van der Waals surface area contributed by atoms with Gasteiger partial charge in [0.1, 0.15) is 5.75 Å². The Morgan fingerprint density at radius 3 is 1.97 bits per heavy atom. The maximum atomic E-state index is 12.7. The van der Waals surface area contributed by atoms with Crippen LogP contribution in [0.3, 0.4) is 0 Å². The van der Waals surface area contributed by atoms with Crippen molar-refractivity contribution in [3.05, 3.63) is 77.9 Å². The summed E-state index contributed by atoms with van der Waals surface area (Å²) in [5, 5.41) is 5.92. The van der Waals surface area contributed by atoms with Gasteiger partial charge < -0.3 is 4.74 Å². The number of fused-ring (bicyclic) bond motifs is 1. The maximum absolute atomic E-state index is 12.7. The molecule has 0 radical (unpaired) electrons. The van der Waals surface area contributed by atoms with Crippen LogP contribution in [-0.4, -0.2) is 18.1 Å². The molecule has 0 atom stereocenters. The van der Waals surface area contributed by atoms with Crippen LogP contribution in [0.1, 0.15) is 113 Å². The standard InChI is InChI=1S/C34H44N2O3/c1-2-3-4-5-6-7-8-9-10-11-12-13-14-22-33(37)36-35-27-28-23-25-30(26-24-28)39-34(38)32-21-17-19-29-18-15-16-20-31(29)32/h15-21,23-27H,2-14,22H2,1H3,(H,36,37)/b35-27-. The average Bonchev–Trinajstić information content (AvgIpc) is 2.96. The molecule has 0 fully saturated rings. The van der Waals surface area contributed by atoms with Crippen molar-refractivity contribution in [2.24, 2.45) is 5.10 Å². The third-order valence-electron chi connectivity index (χ3n) is 7.01. The highest BCUT2D eigenvalue weighted by Crippen LogP contribution is 2.21. The number of hydrazone groups is 1. The van der Waals surface area contributed by atoms with Gasteiger partial charge in [-0.2, -0.15) is 5.10 Å². The van der Waals surface area contributed by atoms with Crippen LogP contribution in [0, 0.1) is 0 Å². The number of amides is 1. The molecule has 0 heterocycles. The van der Waals surface area contributed by atoms with Crippen LogP contribution in [0.2, 0.25) is 0 Å². The van der Waals surface area contributed by atoms with Crippen molar-refractivity contribution in [2.45, 2.75) is 96.8 Å². The highest BCUT2D eigenvalue weighted by atomic mass is 16.5. The molecule has 1 N–H and O–H groups in total. The summed E-state index contributed by atoms with van der Waals surface area (Å²) in [6, 6.07) is 20.4. The molecule has 3 rings (SSSR count). The molecule has 0 aliphatic heterocycles. The first kappa shape index (κ1) is 30.1. The van der Waals surface area contributed by atoms with E-state index in [9.17, 15) is 9.59 Å². The zero-order valence-corrected chi connectivity index (χ0v) is 23.5. The molecule has 3 aromatic rings. The van der Waals surface area contributed by atoms with Gasteiger partial charge in [-0.05, 0) is 53.1 Å². The number of unbranched alkanes of at least 4 members (excludes halogenated alkanes) is 12. The van der Waals surface area contributed by atoms with Gasteiger partial charge in [0, 0.05) is 6.42 Å². The molecule has 5 nitrogen and oxygen atoms in total. The molecule has 0 spiro atoms. The number of carbonyl (C=O) groups is 2. The van der Waals surface area contributed by atoms with Crippen LogP contribution in [0.5, 0.6) is 5.75 Å². The fraction of sp³-hybridized carbons (Fsp3) is 0.441. The minimum absolute atomic E-state index is 0.0602. The molecule has 0 unspecified atom stereocenters. The van der Waals surface area contributed by atoms with E-state index in [1.807, 2.05) is 36.4 Å². The molecule has 39 heavy (non-hydrogen) atoms. The minimum Gasteiger partial charge on any atom is -0.423 e. The van der Waals surface area contributed by atoms with Gasteiger partial charge in [-0.15, -0.1) is 0 Å². The summed E-state index contributed by atoms with van der Waals surface area (Å²) in [6.45, 7) is 2.26. The summed E-state index contributed by atoms with van der Waals surface area (Å²) in [5.74, 6) is 0.000126. The van der Waals surface area contributed by atoms with E-state index in [-0.39, 0.29) is 5.91 Å². The van der Waals surface area contributed by atoms with Crippen molar-refractivity contribution in [2.75, 3.05) is 0 Å². The van der Waals surface area contributed by atoms with E-state index in [1.54, 1.807) is 36.5 Å². The Bertz CT molecular complexity index is 1170. The largest absolute Gasteiger partial charge is 0.423 e. The molecule has 0 aliphatic carbocycles. The molecular weight excluding hydrogens is 484 g/mol. The van der Waals surface area contributed by atoms with E-state index in [4.69, 9.17) is 4.74 Å². The van der Waals surface area contributed by atoms with Crippen LogP contribution in [0.15, 0.2) is 71.8 Å². The van der Waals surface area contributed by atoms with Crippen molar-refractivity contribution >= 4 is 28.9 Å². The number of rotatable bonds is 18. The lowest BCUT2D eigenvalue weighted by Gasteiger charge is -2.07. The Kier molecular flexibility index (Phi) is 13.8. The average molecular weight is 529 g/mol. The summed E-state index contributed by atoms with van der Waals surface area (Å²) in [7, 11) is 0. The van der Waals surface area contributed by atoms with Gasteiger partial charge in [-0.25, -0.2) is 10.2 Å². The lowest BCUT2D eigenvalue weighted by molar-refractivity contribution is -0.121. The van der Waals surface area contributed by atoms with Crippen molar-refractivity contribution in [3.63, 3.8) is 0 Å². The van der Waals surface area contributed by atoms with Crippen LogP contribution >= 0.6 is 0 Å². The first-order chi connectivity index (χ1) is 19.2. The van der Waals surface area contributed by atoms with Crippen molar-refractivity contribution in [1.29, 1.82) is 0 Å². The Balaban J connectivity index is 1.26. The number of ether oxygens (including phenoxy) is 1. The number of nitrogens with zero attached hydrogens (tertiary/aromatic N) is 1. The van der Waals surface area contributed by atoms with E-state index in [0.717, 1.165) is 29.2 Å². The van der Waals surface area contributed by atoms with E-state index in [2.05, 4.69) is 17.5 Å². The van der Waals surface area contributed by atoms with Crippen LogP contribution < -0.4 is 10.2 Å².